The zero-order valence-corrected chi connectivity index (χ0v) is 12.0. The molecule has 3 heteroatoms. The summed E-state index contributed by atoms with van der Waals surface area (Å²) in [5, 5.41) is 2.13. The van der Waals surface area contributed by atoms with Gasteiger partial charge < -0.3 is 10.6 Å². The maximum absolute atomic E-state index is 6.24. The van der Waals surface area contributed by atoms with E-state index in [2.05, 4.69) is 40.6 Å². The largest absolute Gasteiger partial charge is 0.397 e. The first-order valence-electron chi connectivity index (χ1n) is 6.99. The maximum atomic E-state index is 6.24. The van der Waals surface area contributed by atoms with Gasteiger partial charge in [0.1, 0.15) is 0 Å². The SMILES string of the molecule is Nc1cc(Cc2cccs2)ccc1N1CCCCC1. The molecule has 100 valence electrons. The van der Waals surface area contributed by atoms with Crippen molar-refractivity contribution in [2.45, 2.75) is 25.7 Å². The van der Waals surface area contributed by atoms with Crippen LogP contribution < -0.4 is 10.6 Å². The summed E-state index contributed by atoms with van der Waals surface area (Å²) in [6, 6.07) is 10.8. The molecule has 1 aliphatic rings. The summed E-state index contributed by atoms with van der Waals surface area (Å²) in [5.41, 5.74) is 9.69. The molecule has 1 aromatic carbocycles. The Morgan fingerprint density at radius 2 is 1.95 bits per heavy atom. The zero-order valence-electron chi connectivity index (χ0n) is 11.1. The van der Waals surface area contributed by atoms with E-state index in [1.807, 2.05) is 0 Å². The summed E-state index contributed by atoms with van der Waals surface area (Å²) in [7, 11) is 0. The van der Waals surface area contributed by atoms with Gasteiger partial charge >= 0.3 is 0 Å². The quantitative estimate of drug-likeness (QED) is 0.858. The first-order valence-corrected chi connectivity index (χ1v) is 7.86. The first kappa shape index (κ1) is 12.5. The Kier molecular flexibility index (Phi) is 3.74. The molecule has 1 aliphatic heterocycles. The van der Waals surface area contributed by atoms with Crippen LogP contribution in [0.2, 0.25) is 0 Å². The van der Waals surface area contributed by atoms with E-state index in [9.17, 15) is 0 Å². The number of benzene rings is 1. The van der Waals surface area contributed by atoms with Crippen molar-refractivity contribution < 1.29 is 0 Å². The first-order chi connectivity index (χ1) is 9.33. The monoisotopic (exact) mass is 272 g/mol. The van der Waals surface area contributed by atoms with E-state index in [0.29, 0.717) is 0 Å². The number of piperidine rings is 1. The van der Waals surface area contributed by atoms with Gasteiger partial charge in [0.15, 0.2) is 0 Å². The van der Waals surface area contributed by atoms with Crippen molar-refractivity contribution >= 4 is 22.7 Å². The van der Waals surface area contributed by atoms with Gasteiger partial charge in [-0.2, -0.15) is 0 Å². The van der Waals surface area contributed by atoms with Gasteiger partial charge in [-0.25, -0.2) is 0 Å². The number of anilines is 2. The number of nitrogens with two attached hydrogens (primary N) is 1. The second-order valence-electron chi connectivity index (χ2n) is 5.20. The molecule has 2 heterocycles. The fourth-order valence-corrected chi connectivity index (χ4v) is 3.49. The summed E-state index contributed by atoms with van der Waals surface area (Å²) in [5.74, 6) is 0. The van der Waals surface area contributed by atoms with E-state index in [1.54, 1.807) is 11.3 Å². The van der Waals surface area contributed by atoms with Gasteiger partial charge in [0.05, 0.1) is 11.4 Å². The summed E-state index contributed by atoms with van der Waals surface area (Å²) in [4.78, 5) is 3.82. The van der Waals surface area contributed by atoms with Gasteiger partial charge in [0.2, 0.25) is 0 Å². The Morgan fingerprint density at radius 3 is 2.63 bits per heavy atom. The molecule has 1 saturated heterocycles. The van der Waals surface area contributed by atoms with Crippen molar-refractivity contribution in [1.82, 2.24) is 0 Å². The molecular formula is C16H20N2S. The Hall–Kier alpha value is -1.48. The highest BCUT2D eigenvalue weighted by Gasteiger charge is 2.13. The zero-order chi connectivity index (χ0) is 13.1. The van der Waals surface area contributed by atoms with Crippen molar-refractivity contribution in [3.05, 3.63) is 46.2 Å². The van der Waals surface area contributed by atoms with Crippen LogP contribution in [0.15, 0.2) is 35.7 Å². The summed E-state index contributed by atoms with van der Waals surface area (Å²) in [6.07, 6.45) is 4.92. The molecule has 19 heavy (non-hydrogen) atoms. The standard InChI is InChI=1S/C16H20N2S/c17-15-12-13(11-14-5-4-10-19-14)6-7-16(15)18-8-2-1-3-9-18/h4-7,10,12H,1-3,8-9,11,17H2. The highest BCUT2D eigenvalue weighted by molar-refractivity contribution is 7.09. The molecule has 0 aliphatic carbocycles. The number of thiophene rings is 1. The molecule has 0 saturated carbocycles. The number of nitrogens with zero attached hydrogens (tertiary/aromatic N) is 1. The lowest BCUT2D eigenvalue weighted by Gasteiger charge is -2.30. The lowest BCUT2D eigenvalue weighted by Crippen LogP contribution is -2.30. The van der Waals surface area contributed by atoms with Crippen molar-refractivity contribution in [1.29, 1.82) is 0 Å². The van der Waals surface area contributed by atoms with Gasteiger partial charge in [0, 0.05) is 24.4 Å². The number of hydrogen-bond acceptors (Lipinski definition) is 3. The molecule has 0 amide bonds. The lowest BCUT2D eigenvalue weighted by molar-refractivity contribution is 0.578. The Labute approximate surface area is 118 Å². The molecule has 0 unspecified atom stereocenters. The highest BCUT2D eigenvalue weighted by Crippen LogP contribution is 2.28. The minimum atomic E-state index is 0.927. The predicted octanol–water partition coefficient (Wildman–Crippen LogP) is 3.91. The van der Waals surface area contributed by atoms with Crippen molar-refractivity contribution in [3.63, 3.8) is 0 Å². The number of nitrogen functional groups attached to an aromatic ring is 1. The third-order valence-corrected chi connectivity index (χ3v) is 4.62. The van der Waals surface area contributed by atoms with Gasteiger partial charge in [-0.3, -0.25) is 0 Å². The topological polar surface area (TPSA) is 29.3 Å². The second-order valence-corrected chi connectivity index (χ2v) is 6.23. The smallest absolute Gasteiger partial charge is 0.0600 e. The molecule has 2 aromatic rings. The molecule has 1 aromatic heterocycles. The molecule has 0 radical (unpaired) electrons. The van der Waals surface area contributed by atoms with E-state index in [1.165, 1.54) is 35.4 Å². The molecule has 0 bridgehead atoms. The van der Waals surface area contributed by atoms with Crippen LogP contribution in [-0.2, 0) is 6.42 Å². The summed E-state index contributed by atoms with van der Waals surface area (Å²) < 4.78 is 0. The third kappa shape index (κ3) is 2.92. The van der Waals surface area contributed by atoms with Crippen LogP contribution in [0, 0.1) is 0 Å². The van der Waals surface area contributed by atoms with Crippen LogP contribution in [0.1, 0.15) is 29.7 Å². The summed E-state index contributed by atoms with van der Waals surface area (Å²) in [6.45, 7) is 2.29. The predicted molar refractivity (Wildman–Crippen MR) is 84.0 cm³/mol. The Morgan fingerprint density at radius 1 is 1.11 bits per heavy atom. The molecule has 1 fully saturated rings. The lowest BCUT2D eigenvalue weighted by atomic mass is 10.1. The molecule has 0 spiro atoms. The molecular weight excluding hydrogens is 252 g/mol. The normalized spacial score (nSPS) is 15.7. The van der Waals surface area contributed by atoms with Gasteiger partial charge in [0.25, 0.3) is 0 Å². The van der Waals surface area contributed by atoms with Crippen LogP contribution in [0.4, 0.5) is 11.4 Å². The minimum absolute atomic E-state index is 0.927. The van der Waals surface area contributed by atoms with E-state index in [0.717, 1.165) is 25.2 Å². The van der Waals surface area contributed by atoms with Crippen LogP contribution >= 0.6 is 11.3 Å². The van der Waals surface area contributed by atoms with E-state index < -0.39 is 0 Å². The van der Waals surface area contributed by atoms with Crippen molar-refractivity contribution in [2.75, 3.05) is 23.7 Å². The number of rotatable bonds is 3. The fourth-order valence-electron chi connectivity index (χ4n) is 2.75. The van der Waals surface area contributed by atoms with Crippen LogP contribution in [-0.4, -0.2) is 13.1 Å². The van der Waals surface area contributed by atoms with Crippen LogP contribution in [0.25, 0.3) is 0 Å². The average Bonchev–Trinajstić information content (AvgIpc) is 2.93. The van der Waals surface area contributed by atoms with E-state index >= 15 is 0 Å². The third-order valence-electron chi connectivity index (χ3n) is 3.75. The number of hydrogen-bond donors (Lipinski definition) is 1. The average molecular weight is 272 g/mol. The second kappa shape index (κ2) is 5.66. The van der Waals surface area contributed by atoms with E-state index in [4.69, 9.17) is 5.73 Å². The van der Waals surface area contributed by atoms with Crippen molar-refractivity contribution in [3.8, 4) is 0 Å². The molecule has 2 N–H and O–H groups in total. The van der Waals surface area contributed by atoms with Crippen LogP contribution in [0.5, 0.6) is 0 Å². The van der Waals surface area contributed by atoms with Crippen LogP contribution in [0.3, 0.4) is 0 Å². The minimum Gasteiger partial charge on any atom is -0.397 e. The van der Waals surface area contributed by atoms with Crippen molar-refractivity contribution in [2.24, 2.45) is 0 Å². The van der Waals surface area contributed by atoms with Gasteiger partial charge in [-0.05, 0) is 48.4 Å². The molecule has 3 rings (SSSR count). The summed E-state index contributed by atoms with van der Waals surface area (Å²) >= 11 is 1.80. The Bertz CT molecular complexity index is 528. The van der Waals surface area contributed by atoms with Gasteiger partial charge in [-0.1, -0.05) is 12.1 Å². The Balaban J connectivity index is 1.77. The maximum Gasteiger partial charge on any atom is 0.0600 e. The molecule has 0 atom stereocenters. The fraction of sp³-hybridized carbons (Fsp3) is 0.375. The van der Waals surface area contributed by atoms with Gasteiger partial charge in [-0.15, -0.1) is 11.3 Å². The highest BCUT2D eigenvalue weighted by atomic mass is 32.1. The van der Waals surface area contributed by atoms with E-state index in [-0.39, 0.29) is 0 Å². The molecule has 2 nitrogen and oxygen atoms in total.